The van der Waals surface area contributed by atoms with Gasteiger partial charge < -0.3 is 0 Å². The molecule has 3 aromatic rings. The summed E-state index contributed by atoms with van der Waals surface area (Å²) in [6, 6.07) is 10.3. The maximum absolute atomic E-state index is 13.3. The fourth-order valence-corrected chi connectivity index (χ4v) is 6.42. The van der Waals surface area contributed by atoms with Crippen LogP contribution in [0.15, 0.2) is 45.8 Å². The molecule has 0 fully saturated rings. The van der Waals surface area contributed by atoms with Gasteiger partial charge in [-0.2, -0.15) is 4.72 Å². The first-order valence-electron chi connectivity index (χ1n) is 10.5. The van der Waals surface area contributed by atoms with Crippen molar-refractivity contribution in [3.63, 3.8) is 0 Å². The third kappa shape index (κ3) is 6.06. The van der Waals surface area contributed by atoms with Crippen molar-refractivity contribution in [3.8, 4) is 10.6 Å². The topological polar surface area (TPSA) is 101 Å². The summed E-state index contributed by atoms with van der Waals surface area (Å²) in [4.78, 5) is 13.3. The van der Waals surface area contributed by atoms with Gasteiger partial charge in [-0.05, 0) is 49.9 Å². The van der Waals surface area contributed by atoms with Crippen LogP contribution in [0, 0.1) is 26.7 Å². The third-order valence-corrected chi connectivity index (χ3v) is 8.56. The van der Waals surface area contributed by atoms with E-state index in [0.717, 1.165) is 15.6 Å². The standard InChI is InChI=1S/C23H27BrN4O3S2/c1-6-14(3)19(28-33(30,31)20-15(4)11-13(2)12-16(20)5)21(29)25-23-27-26-22(32-23)17-7-9-18(24)10-8-17/h7-12,14,19,28H,6H2,1-5H3,(H,25,27,29)/t14-,19-/m1/s1. The molecule has 0 saturated carbocycles. The zero-order valence-electron chi connectivity index (χ0n) is 19.1. The Morgan fingerprint density at radius 1 is 1.09 bits per heavy atom. The molecule has 1 heterocycles. The number of carbonyl (C=O) groups excluding carboxylic acids is 1. The molecule has 0 bridgehead atoms. The SMILES string of the molecule is CC[C@@H](C)[C@@H](NS(=O)(=O)c1c(C)cc(C)cc1C)C(=O)Nc1nnc(-c2ccc(Br)cc2)s1. The molecule has 1 aromatic heterocycles. The average Bonchev–Trinajstić information content (AvgIpc) is 3.19. The molecule has 2 aromatic carbocycles. The second-order valence-corrected chi connectivity index (χ2v) is 11.7. The van der Waals surface area contributed by atoms with Gasteiger partial charge in [0.25, 0.3) is 0 Å². The van der Waals surface area contributed by atoms with E-state index < -0.39 is 22.0 Å². The lowest BCUT2D eigenvalue weighted by Gasteiger charge is -2.24. The Morgan fingerprint density at radius 2 is 1.70 bits per heavy atom. The smallest absolute Gasteiger partial charge is 0.244 e. The van der Waals surface area contributed by atoms with E-state index in [0.29, 0.717) is 27.7 Å². The molecule has 3 rings (SSSR count). The summed E-state index contributed by atoms with van der Waals surface area (Å²) in [6.45, 7) is 9.20. The number of rotatable bonds is 8. The Kier molecular flexibility index (Phi) is 8.04. The predicted molar refractivity (Wildman–Crippen MR) is 136 cm³/mol. The molecule has 0 spiro atoms. The largest absolute Gasteiger partial charge is 0.299 e. The van der Waals surface area contributed by atoms with Crippen LogP contribution in [0.3, 0.4) is 0 Å². The molecule has 2 atom stereocenters. The highest BCUT2D eigenvalue weighted by Crippen LogP contribution is 2.28. The van der Waals surface area contributed by atoms with Crippen LogP contribution in [0.1, 0.15) is 37.0 Å². The molecule has 0 saturated heterocycles. The highest BCUT2D eigenvalue weighted by Gasteiger charge is 2.32. The van der Waals surface area contributed by atoms with Crippen molar-refractivity contribution in [1.82, 2.24) is 14.9 Å². The Hall–Kier alpha value is -2.14. The van der Waals surface area contributed by atoms with Crippen LogP contribution in [0.4, 0.5) is 5.13 Å². The van der Waals surface area contributed by atoms with E-state index in [9.17, 15) is 13.2 Å². The van der Waals surface area contributed by atoms with Crippen LogP contribution in [0.25, 0.3) is 10.6 Å². The second kappa shape index (κ2) is 10.4. The quantitative estimate of drug-likeness (QED) is 0.400. The Balaban J connectivity index is 1.83. The summed E-state index contributed by atoms with van der Waals surface area (Å²) in [5.41, 5.74) is 3.15. The van der Waals surface area contributed by atoms with Crippen molar-refractivity contribution >= 4 is 48.3 Å². The van der Waals surface area contributed by atoms with E-state index in [4.69, 9.17) is 0 Å². The number of carbonyl (C=O) groups is 1. The number of amides is 1. The molecule has 10 heteroatoms. The molecular weight excluding hydrogens is 524 g/mol. The summed E-state index contributed by atoms with van der Waals surface area (Å²) in [7, 11) is -3.92. The maximum atomic E-state index is 13.3. The highest BCUT2D eigenvalue weighted by atomic mass is 79.9. The molecule has 0 aliphatic rings. The van der Waals surface area contributed by atoms with Crippen LogP contribution >= 0.6 is 27.3 Å². The summed E-state index contributed by atoms with van der Waals surface area (Å²) in [5, 5.41) is 11.9. The minimum absolute atomic E-state index is 0.211. The van der Waals surface area contributed by atoms with Crippen molar-refractivity contribution in [2.24, 2.45) is 5.92 Å². The molecule has 0 radical (unpaired) electrons. The number of benzene rings is 2. The van der Waals surface area contributed by atoms with Gasteiger partial charge in [-0.3, -0.25) is 10.1 Å². The molecule has 1 amide bonds. The normalized spacial score (nSPS) is 13.5. The molecule has 0 aliphatic heterocycles. The molecule has 7 nitrogen and oxygen atoms in total. The average molecular weight is 552 g/mol. The van der Waals surface area contributed by atoms with Crippen LogP contribution in [0.5, 0.6) is 0 Å². The number of anilines is 1. The van der Waals surface area contributed by atoms with E-state index in [1.54, 1.807) is 13.8 Å². The Labute approximate surface area is 207 Å². The Morgan fingerprint density at radius 3 is 2.27 bits per heavy atom. The number of nitrogens with zero attached hydrogens (tertiary/aromatic N) is 2. The number of aryl methyl sites for hydroxylation is 3. The summed E-state index contributed by atoms with van der Waals surface area (Å²) in [5.74, 6) is -0.696. The number of sulfonamides is 1. The zero-order valence-corrected chi connectivity index (χ0v) is 22.4. The van der Waals surface area contributed by atoms with Crippen molar-refractivity contribution in [2.45, 2.75) is 52.0 Å². The lowest BCUT2D eigenvalue weighted by atomic mass is 9.99. The van der Waals surface area contributed by atoms with Crippen molar-refractivity contribution in [1.29, 1.82) is 0 Å². The lowest BCUT2D eigenvalue weighted by molar-refractivity contribution is -0.118. The maximum Gasteiger partial charge on any atom is 0.244 e. The fourth-order valence-electron chi connectivity index (χ4n) is 3.65. The van der Waals surface area contributed by atoms with E-state index >= 15 is 0 Å². The van der Waals surface area contributed by atoms with Gasteiger partial charge in [0.05, 0.1) is 4.90 Å². The van der Waals surface area contributed by atoms with Crippen LogP contribution in [0.2, 0.25) is 0 Å². The minimum Gasteiger partial charge on any atom is -0.299 e. The van der Waals surface area contributed by atoms with Gasteiger partial charge in [0, 0.05) is 10.0 Å². The first kappa shape index (κ1) is 25.5. The fraction of sp³-hybridized carbons (Fsp3) is 0.348. The van der Waals surface area contributed by atoms with Gasteiger partial charge >= 0.3 is 0 Å². The number of halogens is 1. The molecule has 33 heavy (non-hydrogen) atoms. The van der Waals surface area contributed by atoms with E-state index in [1.165, 1.54) is 11.3 Å². The van der Waals surface area contributed by atoms with Crippen LogP contribution in [-0.4, -0.2) is 30.6 Å². The van der Waals surface area contributed by atoms with Crippen molar-refractivity contribution in [3.05, 3.63) is 57.6 Å². The lowest BCUT2D eigenvalue weighted by Crippen LogP contribution is -2.47. The molecule has 176 valence electrons. The van der Waals surface area contributed by atoms with Gasteiger partial charge in [-0.25, -0.2) is 8.42 Å². The van der Waals surface area contributed by atoms with Gasteiger partial charge in [0.1, 0.15) is 11.0 Å². The third-order valence-electron chi connectivity index (χ3n) is 5.40. The first-order valence-corrected chi connectivity index (χ1v) is 13.6. The predicted octanol–water partition coefficient (Wildman–Crippen LogP) is 5.22. The summed E-state index contributed by atoms with van der Waals surface area (Å²) >= 11 is 4.63. The zero-order chi connectivity index (χ0) is 24.3. The first-order chi connectivity index (χ1) is 15.5. The van der Waals surface area contributed by atoms with Crippen LogP contribution in [-0.2, 0) is 14.8 Å². The van der Waals surface area contributed by atoms with E-state index in [2.05, 4.69) is 36.2 Å². The second-order valence-electron chi connectivity index (χ2n) is 8.12. The number of aromatic nitrogens is 2. The van der Waals surface area contributed by atoms with Gasteiger partial charge in [0.2, 0.25) is 21.1 Å². The van der Waals surface area contributed by atoms with Gasteiger partial charge in [0.15, 0.2) is 0 Å². The van der Waals surface area contributed by atoms with Gasteiger partial charge in [-0.1, -0.05) is 77.4 Å². The van der Waals surface area contributed by atoms with Crippen LogP contribution < -0.4 is 10.0 Å². The number of nitrogens with one attached hydrogen (secondary N) is 2. The monoisotopic (exact) mass is 550 g/mol. The van der Waals surface area contributed by atoms with Crippen molar-refractivity contribution in [2.75, 3.05) is 5.32 Å². The highest BCUT2D eigenvalue weighted by molar-refractivity contribution is 9.10. The summed E-state index contributed by atoms with van der Waals surface area (Å²) in [6.07, 6.45) is 0.618. The molecule has 2 N–H and O–H groups in total. The Bertz CT molecular complexity index is 1230. The minimum atomic E-state index is -3.92. The van der Waals surface area contributed by atoms with Crippen molar-refractivity contribution < 1.29 is 13.2 Å². The number of hydrogen-bond donors (Lipinski definition) is 2. The van der Waals surface area contributed by atoms with Gasteiger partial charge in [-0.15, -0.1) is 10.2 Å². The van der Waals surface area contributed by atoms with E-state index in [-0.39, 0.29) is 10.8 Å². The molecular formula is C23H27BrN4O3S2. The van der Waals surface area contributed by atoms with E-state index in [1.807, 2.05) is 57.2 Å². The summed E-state index contributed by atoms with van der Waals surface area (Å²) < 4.78 is 30.1. The molecule has 0 aliphatic carbocycles. The molecule has 0 unspecified atom stereocenters. The number of hydrogen-bond acceptors (Lipinski definition) is 6.